The number of rotatable bonds is 2. The summed E-state index contributed by atoms with van der Waals surface area (Å²) in [5.41, 5.74) is 1.46. The maximum absolute atomic E-state index is 11.1. The Morgan fingerprint density at radius 1 is 1.06 bits per heavy atom. The van der Waals surface area contributed by atoms with Gasteiger partial charge in [-0.2, -0.15) is 0 Å². The van der Waals surface area contributed by atoms with Gasteiger partial charge in [-0.1, -0.05) is 41.9 Å². The molecule has 0 bridgehead atoms. The van der Waals surface area contributed by atoms with Crippen molar-refractivity contribution in [1.29, 1.82) is 0 Å². The molecule has 0 aliphatic heterocycles. The molecule has 82 valence electrons. The van der Waals surface area contributed by atoms with Gasteiger partial charge in [0.2, 0.25) is 0 Å². The second-order valence-corrected chi connectivity index (χ2v) is 4.59. The van der Waals surface area contributed by atoms with E-state index in [1.54, 1.807) is 12.1 Å². The van der Waals surface area contributed by atoms with Gasteiger partial charge in [0.1, 0.15) is 0 Å². The normalized spacial score (nSPS) is 12.4. The van der Waals surface area contributed by atoms with Crippen molar-refractivity contribution in [2.24, 2.45) is 0 Å². The molecule has 1 atom stereocenters. The Kier molecular flexibility index (Phi) is 3.39. The van der Waals surface area contributed by atoms with E-state index in [4.69, 9.17) is 11.6 Å². The van der Waals surface area contributed by atoms with E-state index in [1.807, 2.05) is 30.3 Å². The number of halogens is 1. The van der Waals surface area contributed by atoms with E-state index >= 15 is 0 Å². The van der Waals surface area contributed by atoms with Gasteiger partial charge in [0.05, 0.1) is 0 Å². The molecule has 0 saturated heterocycles. The molecule has 2 nitrogen and oxygen atoms in total. The van der Waals surface area contributed by atoms with Gasteiger partial charge in [-0.3, -0.25) is 4.21 Å². The second kappa shape index (κ2) is 4.78. The number of hydrogen-bond donors (Lipinski definition) is 0. The summed E-state index contributed by atoms with van der Waals surface area (Å²) in [5, 5.41) is 0.521. The zero-order valence-electron chi connectivity index (χ0n) is 8.22. The van der Waals surface area contributed by atoms with Crippen LogP contribution >= 0.6 is 11.6 Å². The molecule has 16 heavy (non-hydrogen) atoms. The lowest BCUT2D eigenvalue weighted by molar-refractivity contribution is 0.537. The quantitative estimate of drug-likeness (QED) is 0.769. The van der Waals surface area contributed by atoms with Crippen molar-refractivity contribution in [3.8, 4) is 11.1 Å². The van der Waals surface area contributed by atoms with Gasteiger partial charge in [0.15, 0.2) is 0 Å². The summed E-state index contributed by atoms with van der Waals surface area (Å²) in [6, 6.07) is 14.0. The number of benzene rings is 2. The van der Waals surface area contributed by atoms with E-state index in [1.165, 1.54) is 6.07 Å². The Balaban J connectivity index is 2.63. The fraction of sp³-hybridized carbons (Fsp3) is 0. The third-order valence-corrected chi connectivity index (χ3v) is 3.16. The van der Waals surface area contributed by atoms with Crippen LogP contribution in [0.5, 0.6) is 0 Å². The Labute approximate surface area is 101 Å². The molecule has 0 amide bonds. The van der Waals surface area contributed by atoms with E-state index in [0.29, 0.717) is 10.6 Å². The molecule has 0 fully saturated rings. The van der Waals surface area contributed by atoms with Crippen molar-refractivity contribution < 1.29 is 8.76 Å². The topological polar surface area (TPSA) is 40.1 Å². The summed E-state index contributed by atoms with van der Waals surface area (Å²) in [6.07, 6.45) is 0. The molecule has 2 aromatic rings. The Morgan fingerprint density at radius 2 is 1.75 bits per heavy atom. The first-order valence-electron chi connectivity index (χ1n) is 4.63. The van der Waals surface area contributed by atoms with E-state index in [9.17, 15) is 8.76 Å². The minimum absolute atomic E-state index is 0.260. The molecule has 2 rings (SSSR count). The first-order valence-corrected chi connectivity index (χ1v) is 6.08. The van der Waals surface area contributed by atoms with Gasteiger partial charge >= 0.3 is 0 Å². The van der Waals surface area contributed by atoms with Gasteiger partial charge in [0.25, 0.3) is 0 Å². The molecule has 0 heterocycles. The molecule has 0 aliphatic rings. The van der Waals surface area contributed by atoms with E-state index < -0.39 is 11.1 Å². The van der Waals surface area contributed by atoms with Gasteiger partial charge in [0, 0.05) is 9.92 Å². The summed E-state index contributed by atoms with van der Waals surface area (Å²) >= 11 is 3.61. The summed E-state index contributed by atoms with van der Waals surface area (Å²) in [4.78, 5) is 0.260. The number of hydrogen-bond acceptors (Lipinski definition) is 2. The van der Waals surface area contributed by atoms with Crippen molar-refractivity contribution in [1.82, 2.24) is 0 Å². The highest BCUT2D eigenvalue weighted by Crippen LogP contribution is 2.28. The zero-order chi connectivity index (χ0) is 11.5. The van der Waals surface area contributed by atoms with Crippen LogP contribution in [-0.2, 0) is 11.1 Å². The predicted molar refractivity (Wildman–Crippen MR) is 64.1 cm³/mol. The van der Waals surface area contributed by atoms with Crippen LogP contribution in [0.1, 0.15) is 0 Å². The molecule has 0 radical (unpaired) electrons. The molecule has 1 unspecified atom stereocenters. The Hall–Kier alpha value is -1.16. The third-order valence-electron chi connectivity index (χ3n) is 2.21. The summed E-state index contributed by atoms with van der Waals surface area (Å²) in [7, 11) is 0. The average Bonchev–Trinajstić information content (AvgIpc) is 2.29. The minimum atomic E-state index is -2.26. The largest absolute Gasteiger partial charge is 0.768 e. The first kappa shape index (κ1) is 11.3. The summed E-state index contributed by atoms with van der Waals surface area (Å²) in [6.45, 7) is 0. The van der Waals surface area contributed by atoms with Crippen molar-refractivity contribution in [3.05, 3.63) is 53.6 Å². The second-order valence-electron chi connectivity index (χ2n) is 3.24. The lowest BCUT2D eigenvalue weighted by atomic mass is 10.1. The van der Waals surface area contributed by atoms with Gasteiger partial charge in [-0.05, 0) is 40.4 Å². The third kappa shape index (κ3) is 2.32. The van der Waals surface area contributed by atoms with Gasteiger partial charge < -0.3 is 4.55 Å². The maximum atomic E-state index is 11.1. The van der Waals surface area contributed by atoms with Gasteiger partial charge in [-0.15, -0.1) is 0 Å². The van der Waals surface area contributed by atoms with Crippen LogP contribution in [0, 0.1) is 0 Å². The SMILES string of the molecule is O=S([O-])c1ccc(Cl)cc1-c1ccccc1. The van der Waals surface area contributed by atoms with Crippen LogP contribution in [0.3, 0.4) is 0 Å². The Bertz CT molecular complexity index is 526. The van der Waals surface area contributed by atoms with Crippen molar-refractivity contribution in [3.63, 3.8) is 0 Å². The van der Waals surface area contributed by atoms with Crippen LogP contribution < -0.4 is 0 Å². The van der Waals surface area contributed by atoms with Crippen LogP contribution in [0.4, 0.5) is 0 Å². The molecule has 0 saturated carbocycles. The summed E-state index contributed by atoms with van der Waals surface area (Å²) in [5.74, 6) is 0. The molecule has 0 spiro atoms. The van der Waals surface area contributed by atoms with Crippen LogP contribution in [0.15, 0.2) is 53.4 Å². The van der Waals surface area contributed by atoms with Crippen LogP contribution in [0.2, 0.25) is 5.02 Å². The van der Waals surface area contributed by atoms with Crippen molar-refractivity contribution in [2.45, 2.75) is 4.90 Å². The molecular weight excluding hydrogens is 244 g/mol. The molecule has 2 aromatic carbocycles. The smallest absolute Gasteiger partial charge is 0.0412 e. The Morgan fingerprint density at radius 3 is 2.38 bits per heavy atom. The van der Waals surface area contributed by atoms with E-state index in [0.717, 1.165) is 5.56 Å². The lowest BCUT2D eigenvalue weighted by Crippen LogP contribution is -1.92. The molecular formula is C12H8ClO2S-. The molecule has 0 aliphatic carbocycles. The summed E-state index contributed by atoms with van der Waals surface area (Å²) < 4.78 is 22.1. The highest BCUT2D eigenvalue weighted by Gasteiger charge is 2.05. The fourth-order valence-electron chi connectivity index (χ4n) is 1.49. The monoisotopic (exact) mass is 251 g/mol. The maximum Gasteiger partial charge on any atom is 0.0412 e. The predicted octanol–water partition coefficient (Wildman–Crippen LogP) is 3.25. The standard InChI is InChI=1S/C12H9ClO2S/c13-10-6-7-12(16(14)15)11(8-10)9-4-2-1-3-5-9/h1-8H,(H,14,15)/p-1. The van der Waals surface area contributed by atoms with Crippen molar-refractivity contribution in [2.75, 3.05) is 0 Å². The average molecular weight is 252 g/mol. The molecule has 0 N–H and O–H groups in total. The highest BCUT2D eigenvalue weighted by molar-refractivity contribution is 7.79. The van der Waals surface area contributed by atoms with Crippen LogP contribution in [-0.4, -0.2) is 8.76 Å². The van der Waals surface area contributed by atoms with E-state index in [2.05, 4.69) is 0 Å². The van der Waals surface area contributed by atoms with E-state index in [-0.39, 0.29) is 4.90 Å². The highest BCUT2D eigenvalue weighted by atomic mass is 35.5. The first-order chi connectivity index (χ1) is 7.68. The fourth-order valence-corrected chi connectivity index (χ4v) is 2.20. The molecule has 4 heteroatoms. The lowest BCUT2D eigenvalue weighted by Gasteiger charge is -2.12. The van der Waals surface area contributed by atoms with Crippen molar-refractivity contribution >= 4 is 22.7 Å². The van der Waals surface area contributed by atoms with Crippen LogP contribution in [0.25, 0.3) is 11.1 Å². The minimum Gasteiger partial charge on any atom is -0.768 e. The van der Waals surface area contributed by atoms with Gasteiger partial charge in [-0.25, -0.2) is 0 Å². The zero-order valence-corrected chi connectivity index (χ0v) is 9.79. The molecule has 0 aromatic heterocycles.